The van der Waals surface area contributed by atoms with Crippen molar-refractivity contribution in [3.05, 3.63) is 29.6 Å². The third-order valence-corrected chi connectivity index (χ3v) is 4.18. The van der Waals surface area contributed by atoms with Crippen molar-refractivity contribution >= 4 is 12.6 Å². The minimum atomic E-state index is -1.61. The minimum absolute atomic E-state index is 0.278. The van der Waals surface area contributed by atoms with E-state index in [1.54, 1.807) is 6.07 Å². The summed E-state index contributed by atoms with van der Waals surface area (Å²) >= 11 is 0. The van der Waals surface area contributed by atoms with Crippen LogP contribution in [0.15, 0.2) is 18.2 Å². The zero-order valence-corrected chi connectivity index (χ0v) is 12.1. The van der Waals surface area contributed by atoms with Crippen LogP contribution < -0.4 is 5.46 Å². The zero-order valence-electron chi connectivity index (χ0n) is 12.1. The molecule has 3 nitrogen and oxygen atoms in total. The molecule has 0 spiro atoms. The van der Waals surface area contributed by atoms with Gasteiger partial charge in [0.15, 0.2) is 0 Å². The second kappa shape index (κ2) is 7.20. The monoisotopic (exact) mass is 279 g/mol. The van der Waals surface area contributed by atoms with Crippen LogP contribution in [0.25, 0.3) is 0 Å². The van der Waals surface area contributed by atoms with E-state index in [9.17, 15) is 14.4 Å². The fourth-order valence-electron chi connectivity index (χ4n) is 3.03. The Labute approximate surface area is 120 Å². The molecule has 0 saturated carbocycles. The molecule has 0 radical (unpaired) electrons. The highest BCUT2D eigenvalue weighted by Gasteiger charge is 2.22. The summed E-state index contributed by atoms with van der Waals surface area (Å²) in [5.41, 5.74) is 1.08. The summed E-state index contributed by atoms with van der Waals surface area (Å²) in [4.78, 5) is 2.31. The number of likely N-dealkylation sites (tertiary alicyclic amines) is 1. The van der Waals surface area contributed by atoms with Gasteiger partial charge in [0, 0.05) is 6.54 Å². The lowest BCUT2D eigenvalue weighted by atomic mass is 9.76. The summed E-state index contributed by atoms with van der Waals surface area (Å²) in [6.45, 7) is 4.94. The van der Waals surface area contributed by atoms with E-state index in [1.807, 2.05) is 0 Å². The van der Waals surface area contributed by atoms with E-state index in [0.29, 0.717) is 6.54 Å². The van der Waals surface area contributed by atoms with Crippen LogP contribution in [0.3, 0.4) is 0 Å². The Morgan fingerprint density at radius 1 is 1.30 bits per heavy atom. The summed E-state index contributed by atoms with van der Waals surface area (Å²) in [5, 5.41) is 18.7. The molecular weight excluding hydrogens is 256 g/mol. The topological polar surface area (TPSA) is 43.7 Å². The van der Waals surface area contributed by atoms with Crippen LogP contribution in [-0.4, -0.2) is 35.2 Å². The molecule has 1 aromatic carbocycles. The van der Waals surface area contributed by atoms with Crippen LogP contribution in [0.2, 0.25) is 0 Å². The molecule has 110 valence electrons. The molecule has 1 heterocycles. The van der Waals surface area contributed by atoms with Crippen LogP contribution >= 0.6 is 0 Å². The molecule has 0 unspecified atom stereocenters. The van der Waals surface area contributed by atoms with Gasteiger partial charge in [-0.1, -0.05) is 25.8 Å². The summed E-state index contributed by atoms with van der Waals surface area (Å²) < 4.78 is 13.2. The van der Waals surface area contributed by atoms with Gasteiger partial charge in [0.2, 0.25) is 0 Å². The maximum absolute atomic E-state index is 13.2. The van der Waals surface area contributed by atoms with E-state index >= 15 is 0 Å². The van der Waals surface area contributed by atoms with Gasteiger partial charge >= 0.3 is 7.12 Å². The highest BCUT2D eigenvalue weighted by molar-refractivity contribution is 6.59. The number of rotatable bonds is 5. The van der Waals surface area contributed by atoms with Gasteiger partial charge in [0.05, 0.1) is 0 Å². The van der Waals surface area contributed by atoms with Crippen molar-refractivity contribution in [1.82, 2.24) is 4.90 Å². The van der Waals surface area contributed by atoms with E-state index < -0.39 is 12.9 Å². The van der Waals surface area contributed by atoms with Gasteiger partial charge in [0.1, 0.15) is 5.82 Å². The molecule has 1 aliphatic heterocycles. The first-order chi connectivity index (χ1) is 9.60. The van der Waals surface area contributed by atoms with E-state index in [1.165, 1.54) is 37.8 Å². The normalized spacial score (nSPS) is 17.4. The molecule has 2 rings (SSSR count). The lowest BCUT2D eigenvalue weighted by molar-refractivity contribution is 0.172. The standard InChI is InChI=1S/C15H23BFNO2/c1-2-3-12-6-8-18(9-7-12)11-13-4-5-14(17)10-15(13)16(19)20/h4-5,10,12,19-20H,2-3,6-9,11H2,1H3. The molecule has 0 aromatic heterocycles. The average Bonchev–Trinajstić information content (AvgIpc) is 2.43. The van der Waals surface area contributed by atoms with Crippen LogP contribution in [0.1, 0.15) is 38.2 Å². The second-order valence-electron chi connectivity index (χ2n) is 5.73. The Bertz CT molecular complexity index is 434. The zero-order chi connectivity index (χ0) is 14.5. The first kappa shape index (κ1) is 15.5. The largest absolute Gasteiger partial charge is 0.488 e. The molecule has 1 fully saturated rings. The Balaban J connectivity index is 1.97. The summed E-state index contributed by atoms with van der Waals surface area (Å²) in [6, 6.07) is 4.25. The predicted molar refractivity (Wildman–Crippen MR) is 79.1 cm³/mol. The van der Waals surface area contributed by atoms with E-state index in [4.69, 9.17) is 0 Å². The molecule has 0 amide bonds. The van der Waals surface area contributed by atoms with E-state index in [2.05, 4.69) is 11.8 Å². The van der Waals surface area contributed by atoms with Crippen molar-refractivity contribution in [2.75, 3.05) is 13.1 Å². The quantitative estimate of drug-likeness (QED) is 0.803. The highest BCUT2D eigenvalue weighted by Crippen LogP contribution is 2.22. The number of piperidine rings is 1. The number of halogens is 1. The number of hydrogen-bond acceptors (Lipinski definition) is 3. The van der Waals surface area contributed by atoms with Gasteiger partial charge in [-0.2, -0.15) is 0 Å². The van der Waals surface area contributed by atoms with Crippen molar-refractivity contribution in [3.8, 4) is 0 Å². The lowest BCUT2D eigenvalue weighted by Crippen LogP contribution is -2.38. The van der Waals surface area contributed by atoms with Crippen molar-refractivity contribution in [3.63, 3.8) is 0 Å². The lowest BCUT2D eigenvalue weighted by Gasteiger charge is -2.32. The summed E-state index contributed by atoms with van der Waals surface area (Å²) in [5.74, 6) is 0.394. The van der Waals surface area contributed by atoms with Crippen molar-refractivity contribution < 1.29 is 14.4 Å². The third kappa shape index (κ3) is 4.04. The van der Waals surface area contributed by atoms with E-state index in [-0.39, 0.29) is 5.46 Å². The van der Waals surface area contributed by atoms with Gasteiger partial charge in [-0.3, -0.25) is 4.90 Å². The molecular formula is C15H23BFNO2. The molecule has 0 atom stereocenters. The fraction of sp³-hybridized carbons (Fsp3) is 0.600. The molecule has 1 aromatic rings. The van der Waals surface area contributed by atoms with Crippen LogP contribution in [0.5, 0.6) is 0 Å². The molecule has 0 aliphatic carbocycles. The maximum Gasteiger partial charge on any atom is 0.488 e. The first-order valence-electron chi connectivity index (χ1n) is 7.47. The fourth-order valence-corrected chi connectivity index (χ4v) is 3.03. The summed E-state index contributed by atoms with van der Waals surface area (Å²) in [6.07, 6.45) is 4.94. The van der Waals surface area contributed by atoms with Crippen LogP contribution in [0.4, 0.5) is 4.39 Å². The maximum atomic E-state index is 13.2. The second-order valence-corrected chi connectivity index (χ2v) is 5.73. The molecule has 0 bridgehead atoms. The van der Waals surface area contributed by atoms with Crippen molar-refractivity contribution in [1.29, 1.82) is 0 Å². The number of hydrogen-bond donors (Lipinski definition) is 2. The summed E-state index contributed by atoms with van der Waals surface area (Å²) in [7, 11) is -1.61. The van der Waals surface area contributed by atoms with Gasteiger partial charge in [-0.05, 0) is 55.0 Å². The SMILES string of the molecule is CCCC1CCN(Cc2ccc(F)cc2B(O)O)CC1. The molecule has 5 heteroatoms. The van der Waals surface area contributed by atoms with Gasteiger partial charge in [0.25, 0.3) is 0 Å². The molecule has 20 heavy (non-hydrogen) atoms. The average molecular weight is 279 g/mol. The molecule has 2 N–H and O–H groups in total. The van der Waals surface area contributed by atoms with Gasteiger partial charge < -0.3 is 10.0 Å². The molecule has 1 aliphatic rings. The Morgan fingerprint density at radius 2 is 2.00 bits per heavy atom. The third-order valence-electron chi connectivity index (χ3n) is 4.18. The van der Waals surface area contributed by atoms with Crippen molar-refractivity contribution in [2.24, 2.45) is 5.92 Å². The van der Waals surface area contributed by atoms with Gasteiger partial charge in [-0.25, -0.2) is 4.39 Å². The minimum Gasteiger partial charge on any atom is -0.423 e. The first-order valence-corrected chi connectivity index (χ1v) is 7.47. The van der Waals surface area contributed by atoms with E-state index in [0.717, 1.165) is 24.6 Å². The number of benzene rings is 1. The Hall–Kier alpha value is -0.905. The smallest absolute Gasteiger partial charge is 0.423 e. The number of nitrogens with zero attached hydrogens (tertiary/aromatic N) is 1. The van der Waals surface area contributed by atoms with Crippen LogP contribution in [0, 0.1) is 11.7 Å². The Morgan fingerprint density at radius 3 is 2.60 bits per heavy atom. The molecule has 1 saturated heterocycles. The van der Waals surface area contributed by atoms with Crippen LogP contribution in [-0.2, 0) is 6.54 Å². The highest BCUT2D eigenvalue weighted by atomic mass is 19.1. The predicted octanol–water partition coefficient (Wildman–Crippen LogP) is 1.52. The van der Waals surface area contributed by atoms with Gasteiger partial charge in [-0.15, -0.1) is 0 Å². The Kier molecular flexibility index (Phi) is 5.58. The van der Waals surface area contributed by atoms with Crippen molar-refractivity contribution in [2.45, 2.75) is 39.2 Å².